The molecule has 0 unspecified atom stereocenters. The highest BCUT2D eigenvalue weighted by Gasteiger charge is 2.25. The Morgan fingerprint density at radius 3 is 2.81 bits per heavy atom. The summed E-state index contributed by atoms with van der Waals surface area (Å²) in [6.07, 6.45) is 3.12. The summed E-state index contributed by atoms with van der Waals surface area (Å²) in [6, 6.07) is 8.46. The summed E-state index contributed by atoms with van der Waals surface area (Å²) in [5.41, 5.74) is 4.91. The average Bonchev–Trinajstić information content (AvgIpc) is 2.86. The Kier molecular flexibility index (Phi) is 3.85. The van der Waals surface area contributed by atoms with Crippen LogP contribution in [0.5, 0.6) is 0 Å². The molecule has 2 aromatic rings. The van der Waals surface area contributed by atoms with E-state index in [1.54, 1.807) is 11.3 Å². The van der Waals surface area contributed by atoms with E-state index in [0.717, 1.165) is 36.4 Å². The molecule has 110 valence electrons. The lowest BCUT2D eigenvalue weighted by molar-refractivity contribution is 0.0989. The molecule has 0 spiro atoms. The lowest BCUT2D eigenvalue weighted by atomic mass is 9.99. The topological polar surface area (TPSA) is 20.3 Å². The number of anilines is 1. The molecule has 1 aliphatic heterocycles. The van der Waals surface area contributed by atoms with E-state index < -0.39 is 0 Å². The van der Waals surface area contributed by atoms with Crippen LogP contribution in [0, 0.1) is 13.8 Å². The van der Waals surface area contributed by atoms with Gasteiger partial charge in [0.25, 0.3) is 5.91 Å². The van der Waals surface area contributed by atoms with Gasteiger partial charge in [-0.05, 0) is 56.4 Å². The van der Waals surface area contributed by atoms with Crippen molar-refractivity contribution in [2.45, 2.75) is 40.0 Å². The van der Waals surface area contributed by atoms with Crippen molar-refractivity contribution in [1.29, 1.82) is 0 Å². The van der Waals surface area contributed by atoms with Crippen LogP contribution in [0.2, 0.25) is 0 Å². The van der Waals surface area contributed by atoms with Crippen LogP contribution in [-0.2, 0) is 12.8 Å². The van der Waals surface area contributed by atoms with Crippen molar-refractivity contribution in [3.8, 4) is 0 Å². The quantitative estimate of drug-likeness (QED) is 0.798. The second kappa shape index (κ2) is 5.64. The maximum Gasteiger partial charge on any atom is 0.268 e. The third-order valence-electron chi connectivity index (χ3n) is 4.15. The van der Waals surface area contributed by atoms with Crippen molar-refractivity contribution >= 4 is 22.9 Å². The highest BCUT2D eigenvalue weighted by Crippen LogP contribution is 2.31. The van der Waals surface area contributed by atoms with Crippen LogP contribution in [0.15, 0.2) is 24.3 Å². The molecule has 0 saturated carbocycles. The molecule has 1 aromatic carbocycles. The molecule has 0 atom stereocenters. The Labute approximate surface area is 130 Å². The molecule has 0 bridgehead atoms. The van der Waals surface area contributed by atoms with E-state index in [-0.39, 0.29) is 5.91 Å². The van der Waals surface area contributed by atoms with E-state index in [1.807, 2.05) is 11.0 Å². The average molecular weight is 299 g/mol. The Balaban J connectivity index is 1.96. The summed E-state index contributed by atoms with van der Waals surface area (Å²) in [4.78, 5) is 17.0. The maximum absolute atomic E-state index is 12.9. The van der Waals surface area contributed by atoms with E-state index in [2.05, 4.69) is 39.0 Å². The van der Waals surface area contributed by atoms with Crippen LogP contribution in [0.1, 0.15) is 44.6 Å². The first-order valence-electron chi connectivity index (χ1n) is 7.61. The molecule has 1 aromatic heterocycles. The molecule has 1 amide bonds. The van der Waals surface area contributed by atoms with Gasteiger partial charge < -0.3 is 4.90 Å². The minimum atomic E-state index is 0.160. The molecule has 21 heavy (non-hydrogen) atoms. The maximum atomic E-state index is 12.9. The van der Waals surface area contributed by atoms with E-state index in [9.17, 15) is 4.79 Å². The summed E-state index contributed by atoms with van der Waals surface area (Å²) in [7, 11) is 0. The summed E-state index contributed by atoms with van der Waals surface area (Å²) in [5.74, 6) is 0.160. The molecule has 0 aliphatic carbocycles. The largest absolute Gasteiger partial charge is 0.307 e. The van der Waals surface area contributed by atoms with Gasteiger partial charge in [-0.25, -0.2) is 0 Å². The molecule has 0 fully saturated rings. The lowest BCUT2D eigenvalue weighted by Gasteiger charge is -2.29. The number of carbonyl (C=O) groups excluding carboxylic acids is 1. The number of carbonyl (C=O) groups is 1. The highest BCUT2D eigenvalue weighted by molar-refractivity contribution is 7.14. The van der Waals surface area contributed by atoms with Crippen molar-refractivity contribution in [2.75, 3.05) is 11.4 Å². The van der Waals surface area contributed by atoms with Crippen LogP contribution in [0.4, 0.5) is 5.69 Å². The molecule has 0 radical (unpaired) electrons. The Bertz CT molecular complexity index is 687. The fourth-order valence-corrected chi connectivity index (χ4v) is 4.11. The summed E-state index contributed by atoms with van der Waals surface area (Å²) in [6.45, 7) is 7.18. The second-order valence-electron chi connectivity index (χ2n) is 5.76. The van der Waals surface area contributed by atoms with Gasteiger partial charge in [0.15, 0.2) is 0 Å². The van der Waals surface area contributed by atoms with Gasteiger partial charge in [0.2, 0.25) is 0 Å². The first-order chi connectivity index (χ1) is 10.1. The number of nitrogens with zero attached hydrogens (tertiary/aromatic N) is 1. The van der Waals surface area contributed by atoms with Crippen molar-refractivity contribution in [2.24, 2.45) is 0 Å². The number of rotatable bonds is 2. The second-order valence-corrected chi connectivity index (χ2v) is 6.90. The first kappa shape index (κ1) is 14.3. The predicted octanol–water partition coefficient (Wildman–Crippen LogP) is 4.52. The normalized spacial score (nSPS) is 14.1. The summed E-state index contributed by atoms with van der Waals surface area (Å²) >= 11 is 1.65. The molecule has 2 nitrogen and oxygen atoms in total. The number of thiophene rings is 1. The van der Waals surface area contributed by atoms with Crippen LogP contribution < -0.4 is 4.90 Å². The van der Waals surface area contributed by atoms with Gasteiger partial charge in [-0.2, -0.15) is 0 Å². The number of fused-ring (bicyclic) bond motifs is 1. The van der Waals surface area contributed by atoms with Crippen LogP contribution in [0.25, 0.3) is 0 Å². The number of hydrogen-bond acceptors (Lipinski definition) is 2. The van der Waals surface area contributed by atoms with Gasteiger partial charge in [0.1, 0.15) is 0 Å². The van der Waals surface area contributed by atoms with E-state index in [4.69, 9.17) is 0 Å². The number of aryl methyl sites for hydroxylation is 4. The molecular weight excluding hydrogens is 278 g/mol. The smallest absolute Gasteiger partial charge is 0.268 e. The Hall–Kier alpha value is -1.61. The third-order valence-corrected chi connectivity index (χ3v) is 5.52. The van der Waals surface area contributed by atoms with Gasteiger partial charge in [0, 0.05) is 17.1 Å². The first-order valence-corrected chi connectivity index (χ1v) is 8.42. The molecular formula is C18H21NOS. The lowest BCUT2D eigenvalue weighted by Crippen LogP contribution is -2.35. The fourth-order valence-electron chi connectivity index (χ4n) is 3.05. The van der Waals surface area contributed by atoms with Gasteiger partial charge in [0.05, 0.1) is 4.88 Å². The van der Waals surface area contributed by atoms with Crippen molar-refractivity contribution in [3.63, 3.8) is 0 Å². The van der Waals surface area contributed by atoms with Crippen LogP contribution in [-0.4, -0.2) is 12.5 Å². The standard InChI is InChI=1S/C18H21NOS/c1-4-16-13(3)11-17(21-16)18(20)19-9-5-6-14-10-12(2)7-8-15(14)19/h7-8,10-11H,4-6,9H2,1-3H3. The van der Waals surface area contributed by atoms with Gasteiger partial charge in [-0.15, -0.1) is 11.3 Å². The highest BCUT2D eigenvalue weighted by atomic mass is 32.1. The Morgan fingerprint density at radius 2 is 2.10 bits per heavy atom. The van der Waals surface area contributed by atoms with Crippen molar-refractivity contribution < 1.29 is 4.79 Å². The Morgan fingerprint density at radius 1 is 1.29 bits per heavy atom. The number of hydrogen-bond donors (Lipinski definition) is 0. The molecule has 1 aliphatic rings. The van der Waals surface area contributed by atoms with E-state index in [1.165, 1.54) is 21.6 Å². The zero-order valence-electron chi connectivity index (χ0n) is 12.9. The van der Waals surface area contributed by atoms with Gasteiger partial charge in [-0.3, -0.25) is 4.79 Å². The van der Waals surface area contributed by atoms with Gasteiger partial charge in [-0.1, -0.05) is 24.6 Å². The summed E-state index contributed by atoms with van der Waals surface area (Å²) < 4.78 is 0. The molecule has 3 heteroatoms. The van der Waals surface area contributed by atoms with Crippen LogP contribution in [0.3, 0.4) is 0 Å². The summed E-state index contributed by atoms with van der Waals surface area (Å²) in [5, 5.41) is 0. The zero-order chi connectivity index (χ0) is 15.0. The van der Waals surface area contributed by atoms with Crippen molar-refractivity contribution in [3.05, 3.63) is 50.7 Å². The molecule has 2 heterocycles. The van der Waals surface area contributed by atoms with Crippen molar-refractivity contribution in [1.82, 2.24) is 0 Å². The predicted molar refractivity (Wildman–Crippen MR) is 89.6 cm³/mol. The number of benzene rings is 1. The van der Waals surface area contributed by atoms with Gasteiger partial charge >= 0.3 is 0 Å². The molecule has 0 saturated heterocycles. The third kappa shape index (κ3) is 2.62. The SMILES string of the molecule is CCc1sc(C(=O)N2CCCc3cc(C)ccc32)cc1C. The monoisotopic (exact) mass is 299 g/mol. The minimum absolute atomic E-state index is 0.160. The zero-order valence-corrected chi connectivity index (χ0v) is 13.7. The minimum Gasteiger partial charge on any atom is -0.307 e. The number of amides is 1. The fraction of sp³-hybridized carbons (Fsp3) is 0.389. The van der Waals surface area contributed by atoms with E-state index >= 15 is 0 Å². The van der Waals surface area contributed by atoms with E-state index in [0.29, 0.717) is 0 Å². The van der Waals surface area contributed by atoms with Crippen LogP contribution >= 0.6 is 11.3 Å². The molecule has 3 rings (SSSR count). The molecule has 0 N–H and O–H groups in total.